The van der Waals surface area contributed by atoms with Crippen molar-refractivity contribution >= 4 is 66.0 Å². The van der Waals surface area contributed by atoms with Crippen molar-refractivity contribution in [2.24, 2.45) is 0 Å². The fraction of sp³-hybridized carbons (Fsp3) is 0.167. The van der Waals surface area contributed by atoms with E-state index in [4.69, 9.17) is 11.6 Å². The summed E-state index contributed by atoms with van der Waals surface area (Å²) in [6, 6.07) is 6.10. The summed E-state index contributed by atoms with van der Waals surface area (Å²) in [7, 11) is 0. The van der Waals surface area contributed by atoms with Crippen LogP contribution in [0.5, 0.6) is 0 Å². The van der Waals surface area contributed by atoms with Crippen LogP contribution < -0.4 is 0 Å². The van der Waals surface area contributed by atoms with Gasteiger partial charge in [0.25, 0.3) is 0 Å². The number of halogens is 3. The van der Waals surface area contributed by atoms with Crippen molar-refractivity contribution in [2.45, 2.75) is 12.4 Å². The molecule has 0 amide bonds. The van der Waals surface area contributed by atoms with Crippen molar-refractivity contribution in [3.8, 4) is 0 Å². The quantitative estimate of drug-likeness (QED) is 0.569. The first kappa shape index (κ1) is 13.5. The highest BCUT2D eigenvalue weighted by atomic mass is 79.9. The molecule has 3 rings (SSSR count). The molecule has 7 heteroatoms. The molecule has 0 unspecified atom stereocenters. The molecule has 0 aliphatic rings. The zero-order valence-corrected chi connectivity index (χ0v) is 14.4. The molecule has 0 aliphatic heterocycles. The van der Waals surface area contributed by atoms with Crippen LogP contribution in [0.2, 0.25) is 0 Å². The van der Waals surface area contributed by atoms with Gasteiger partial charge in [-0.25, -0.2) is 9.97 Å². The minimum Gasteiger partial charge on any atom is -0.306 e. The van der Waals surface area contributed by atoms with E-state index in [0.717, 1.165) is 31.8 Å². The lowest BCUT2D eigenvalue weighted by Crippen LogP contribution is -2.03. The number of alkyl halides is 1. The number of thiophene rings is 1. The molecule has 0 fully saturated rings. The third-order valence-electron chi connectivity index (χ3n) is 2.69. The molecule has 3 aromatic rings. The minimum absolute atomic E-state index is 0.376. The Morgan fingerprint density at radius 2 is 2.16 bits per heavy atom. The predicted molar refractivity (Wildman–Crippen MR) is 85.9 cm³/mol. The smallest absolute Gasteiger partial charge is 0.160 e. The van der Waals surface area contributed by atoms with Crippen molar-refractivity contribution in [1.82, 2.24) is 14.5 Å². The van der Waals surface area contributed by atoms with E-state index in [0.29, 0.717) is 5.88 Å². The number of pyridine rings is 1. The van der Waals surface area contributed by atoms with Crippen LogP contribution in [-0.2, 0) is 12.4 Å². The average molecular weight is 422 g/mol. The molecule has 0 radical (unpaired) electrons. The van der Waals surface area contributed by atoms with Crippen LogP contribution in [0.3, 0.4) is 0 Å². The normalized spacial score (nSPS) is 11.3. The van der Waals surface area contributed by atoms with Crippen molar-refractivity contribution < 1.29 is 0 Å². The average Bonchev–Trinajstić information content (AvgIpc) is 2.94. The van der Waals surface area contributed by atoms with Gasteiger partial charge in [-0.05, 0) is 50.1 Å². The maximum Gasteiger partial charge on any atom is 0.160 e. The van der Waals surface area contributed by atoms with E-state index in [1.807, 2.05) is 12.1 Å². The van der Waals surface area contributed by atoms with Crippen molar-refractivity contribution in [3.05, 3.63) is 43.4 Å². The lowest BCUT2D eigenvalue weighted by Gasteiger charge is -2.04. The third kappa shape index (κ3) is 2.72. The number of rotatable bonds is 3. The molecule has 0 aliphatic carbocycles. The van der Waals surface area contributed by atoms with Crippen molar-refractivity contribution in [2.75, 3.05) is 0 Å². The number of fused-ring (bicyclic) bond motifs is 1. The van der Waals surface area contributed by atoms with Gasteiger partial charge in [-0.2, -0.15) is 0 Å². The molecular weight excluding hydrogens is 413 g/mol. The molecule has 3 heterocycles. The monoisotopic (exact) mass is 419 g/mol. The van der Waals surface area contributed by atoms with Crippen molar-refractivity contribution in [3.63, 3.8) is 0 Å². The van der Waals surface area contributed by atoms with Gasteiger partial charge < -0.3 is 4.57 Å². The highest BCUT2D eigenvalue weighted by Crippen LogP contribution is 2.25. The number of hydrogen-bond acceptors (Lipinski definition) is 3. The van der Waals surface area contributed by atoms with Gasteiger partial charge in [0.2, 0.25) is 0 Å². The van der Waals surface area contributed by atoms with Gasteiger partial charge in [-0.3, -0.25) is 0 Å². The predicted octanol–water partition coefficient (Wildman–Crippen LogP) is 4.80. The summed E-state index contributed by atoms with van der Waals surface area (Å²) in [5.74, 6) is 1.22. The van der Waals surface area contributed by atoms with E-state index in [1.54, 1.807) is 17.5 Å². The molecule has 3 nitrogen and oxygen atoms in total. The van der Waals surface area contributed by atoms with E-state index in [9.17, 15) is 0 Å². The van der Waals surface area contributed by atoms with Gasteiger partial charge in [0.15, 0.2) is 5.65 Å². The molecule has 0 aromatic carbocycles. The maximum atomic E-state index is 5.99. The summed E-state index contributed by atoms with van der Waals surface area (Å²) in [5, 5.41) is 0. The molecule has 98 valence electrons. The van der Waals surface area contributed by atoms with Crippen LogP contribution in [0.15, 0.2) is 32.7 Å². The standard InChI is InChI=1S/C12H8Br2ClN3S/c13-7-3-9-12(16-5-7)18(11(4-15)17-9)6-8-1-2-10(14)19-8/h1-3,5H,4,6H2. The first-order chi connectivity index (χ1) is 9.17. The summed E-state index contributed by atoms with van der Waals surface area (Å²) in [5.41, 5.74) is 1.73. The molecule has 19 heavy (non-hydrogen) atoms. The van der Waals surface area contributed by atoms with Crippen LogP contribution in [0.4, 0.5) is 0 Å². The van der Waals surface area contributed by atoms with E-state index >= 15 is 0 Å². The Labute approximate surface area is 135 Å². The van der Waals surface area contributed by atoms with Gasteiger partial charge in [0.1, 0.15) is 11.3 Å². The van der Waals surface area contributed by atoms with Crippen molar-refractivity contribution in [1.29, 1.82) is 0 Å². The summed E-state index contributed by atoms with van der Waals surface area (Å²) in [6.45, 7) is 0.740. The number of aromatic nitrogens is 3. The Bertz CT molecular complexity index is 738. The van der Waals surface area contributed by atoms with Crippen LogP contribution in [0.25, 0.3) is 11.2 Å². The summed E-state index contributed by atoms with van der Waals surface area (Å²) < 4.78 is 4.10. The summed E-state index contributed by atoms with van der Waals surface area (Å²) >= 11 is 14.6. The number of imidazole rings is 1. The topological polar surface area (TPSA) is 30.7 Å². The van der Waals surface area contributed by atoms with Crippen LogP contribution in [0, 0.1) is 0 Å². The third-order valence-corrected chi connectivity index (χ3v) is 4.97. The second kappa shape index (κ2) is 5.52. The molecule has 0 N–H and O–H groups in total. The van der Waals surface area contributed by atoms with Gasteiger partial charge >= 0.3 is 0 Å². The Balaban J connectivity index is 2.10. The Kier molecular flexibility index (Phi) is 3.93. The zero-order valence-electron chi connectivity index (χ0n) is 9.61. The minimum atomic E-state index is 0.376. The second-order valence-electron chi connectivity index (χ2n) is 3.95. The molecule has 0 bridgehead atoms. The van der Waals surface area contributed by atoms with E-state index in [1.165, 1.54) is 4.88 Å². The molecule has 3 aromatic heterocycles. The number of hydrogen-bond donors (Lipinski definition) is 0. The SMILES string of the molecule is ClCc1nc2cc(Br)cnc2n1Cc1ccc(Br)s1. The first-order valence-corrected chi connectivity index (χ1v) is 8.42. The van der Waals surface area contributed by atoms with E-state index in [2.05, 4.69) is 52.5 Å². The van der Waals surface area contributed by atoms with Gasteiger partial charge in [0.05, 0.1) is 16.2 Å². The first-order valence-electron chi connectivity index (χ1n) is 5.48. The maximum absolute atomic E-state index is 5.99. The Hall–Kier alpha value is -0.430. The highest BCUT2D eigenvalue weighted by Gasteiger charge is 2.12. The molecule has 0 saturated carbocycles. The molecule has 0 atom stereocenters. The highest BCUT2D eigenvalue weighted by molar-refractivity contribution is 9.11. The summed E-state index contributed by atoms with van der Waals surface area (Å²) in [4.78, 5) is 10.2. The van der Waals surface area contributed by atoms with E-state index in [-0.39, 0.29) is 0 Å². The second-order valence-corrected chi connectivity index (χ2v) is 7.68. The largest absolute Gasteiger partial charge is 0.306 e. The molecule has 0 saturated heterocycles. The fourth-order valence-corrected chi connectivity index (χ4v) is 3.89. The molecular formula is C12H8Br2ClN3S. The lowest BCUT2D eigenvalue weighted by atomic mass is 10.4. The Morgan fingerprint density at radius 1 is 1.32 bits per heavy atom. The van der Waals surface area contributed by atoms with Gasteiger partial charge in [-0.1, -0.05) is 0 Å². The van der Waals surface area contributed by atoms with Crippen LogP contribution >= 0.6 is 54.8 Å². The van der Waals surface area contributed by atoms with Gasteiger partial charge in [0, 0.05) is 15.5 Å². The number of nitrogens with zero attached hydrogens (tertiary/aromatic N) is 3. The van der Waals surface area contributed by atoms with E-state index < -0.39 is 0 Å². The molecule has 0 spiro atoms. The summed E-state index contributed by atoms with van der Waals surface area (Å²) in [6.07, 6.45) is 1.78. The van der Waals surface area contributed by atoms with Crippen LogP contribution in [0.1, 0.15) is 10.7 Å². The zero-order chi connectivity index (χ0) is 13.4. The fourth-order valence-electron chi connectivity index (χ4n) is 1.89. The Morgan fingerprint density at radius 3 is 2.84 bits per heavy atom. The van der Waals surface area contributed by atoms with Crippen LogP contribution in [-0.4, -0.2) is 14.5 Å². The lowest BCUT2D eigenvalue weighted by molar-refractivity contribution is 0.780. The van der Waals surface area contributed by atoms with Gasteiger partial charge in [-0.15, -0.1) is 22.9 Å².